The van der Waals surface area contributed by atoms with E-state index in [1.807, 2.05) is 41.1 Å². The predicted molar refractivity (Wildman–Crippen MR) is 106 cm³/mol. The molecule has 4 aromatic rings. The maximum absolute atomic E-state index is 12.6. The van der Waals surface area contributed by atoms with Crippen LogP contribution in [0.4, 0.5) is 0 Å². The van der Waals surface area contributed by atoms with Gasteiger partial charge in [0.1, 0.15) is 5.82 Å². The van der Waals surface area contributed by atoms with E-state index in [0.717, 1.165) is 16.4 Å². The van der Waals surface area contributed by atoms with Crippen LogP contribution in [-0.2, 0) is 27.7 Å². The molecule has 0 saturated heterocycles. The highest BCUT2D eigenvalue weighted by molar-refractivity contribution is 5.80. The molecule has 0 aliphatic rings. The Labute approximate surface area is 159 Å². The molecule has 0 unspecified atom stereocenters. The molecule has 8 heteroatoms. The molecule has 0 aliphatic carbocycles. The molecule has 0 saturated carbocycles. The summed E-state index contributed by atoms with van der Waals surface area (Å²) in [4.78, 5) is 40.9. The van der Waals surface area contributed by atoms with Gasteiger partial charge in [0.2, 0.25) is 0 Å². The van der Waals surface area contributed by atoms with E-state index < -0.39 is 11.2 Å². The summed E-state index contributed by atoms with van der Waals surface area (Å²) in [6, 6.07) is 11.5. The van der Waals surface area contributed by atoms with Crippen LogP contribution in [-0.4, -0.2) is 29.5 Å². The fraction of sp³-hybridized carbons (Fsp3) is 0.200. The molecule has 0 N–H and O–H groups in total. The summed E-state index contributed by atoms with van der Waals surface area (Å²) in [6.45, 7) is 0.541. The van der Waals surface area contributed by atoms with Crippen molar-refractivity contribution < 1.29 is 4.79 Å². The van der Waals surface area contributed by atoms with Crippen molar-refractivity contribution in [3.63, 3.8) is 0 Å². The minimum absolute atomic E-state index is 0.314. The van der Waals surface area contributed by atoms with Crippen LogP contribution in [0.25, 0.3) is 22.6 Å². The van der Waals surface area contributed by atoms with E-state index in [9.17, 15) is 14.4 Å². The number of imidazole rings is 1. The maximum Gasteiger partial charge on any atom is 0.332 e. The van der Waals surface area contributed by atoms with Gasteiger partial charge in [0.15, 0.2) is 17.5 Å². The van der Waals surface area contributed by atoms with Gasteiger partial charge in [-0.1, -0.05) is 30.3 Å². The smallest absolute Gasteiger partial charge is 0.332 e. The van der Waals surface area contributed by atoms with Crippen molar-refractivity contribution >= 4 is 17.5 Å². The lowest BCUT2D eigenvalue weighted by atomic mass is 10.2. The van der Waals surface area contributed by atoms with Gasteiger partial charge in [0.25, 0.3) is 5.56 Å². The fourth-order valence-corrected chi connectivity index (χ4v) is 3.44. The molecule has 3 aromatic heterocycles. The fourth-order valence-electron chi connectivity index (χ4n) is 3.44. The summed E-state index contributed by atoms with van der Waals surface area (Å²) in [5.74, 6) is 0.517. The van der Waals surface area contributed by atoms with Crippen molar-refractivity contribution in [2.75, 3.05) is 0 Å². The molecule has 0 radical (unpaired) electrons. The highest BCUT2D eigenvalue weighted by Crippen LogP contribution is 2.24. The Balaban J connectivity index is 1.89. The third-order valence-electron chi connectivity index (χ3n) is 4.98. The lowest BCUT2D eigenvalue weighted by molar-refractivity contribution is 0.111. The molecule has 28 heavy (non-hydrogen) atoms. The van der Waals surface area contributed by atoms with Gasteiger partial charge in [-0.25, -0.2) is 9.78 Å². The predicted octanol–water partition coefficient (Wildman–Crippen LogP) is 1.30. The third-order valence-corrected chi connectivity index (χ3v) is 4.98. The number of carbonyl (C=O) groups is 1. The summed E-state index contributed by atoms with van der Waals surface area (Å²) < 4.78 is 5.91. The minimum Gasteiger partial charge on any atom is -0.340 e. The van der Waals surface area contributed by atoms with E-state index in [0.29, 0.717) is 34.8 Å². The highest BCUT2D eigenvalue weighted by Gasteiger charge is 2.19. The molecule has 1 aromatic carbocycles. The lowest BCUT2D eigenvalue weighted by Crippen LogP contribution is -2.37. The van der Waals surface area contributed by atoms with Crippen LogP contribution in [0.5, 0.6) is 0 Å². The Morgan fingerprint density at radius 1 is 1.00 bits per heavy atom. The molecule has 8 nitrogen and oxygen atoms in total. The van der Waals surface area contributed by atoms with Crippen LogP contribution in [0.3, 0.4) is 0 Å². The third kappa shape index (κ3) is 2.61. The van der Waals surface area contributed by atoms with Crippen molar-refractivity contribution in [1.82, 2.24) is 23.3 Å². The van der Waals surface area contributed by atoms with Crippen LogP contribution in [0.2, 0.25) is 0 Å². The van der Waals surface area contributed by atoms with Crippen molar-refractivity contribution in [2.24, 2.45) is 21.1 Å². The van der Waals surface area contributed by atoms with Crippen molar-refractivity contribution in [1.29, 1.82) is 0 Å². The zero-order valence-electron chi connectivity index (χ0n) is 15.8. The van der Waals surface area contributed by atoms with E-state index in [-0.39, 0.29) is 0 Å². The van der Waals surface area contributed by atoms with E-state index in [2.05, 4.69) is 4.98 Å². The summed E-state index contributed by atoms with van der Waals surface area (Å²) in [5.41, 5.74) is 2.08. The molecule has 3 heterocycles. The molecule has 0 fully saturated rings. The van der Waals surface area contributed by atoms with Gasteiger partial charge in [-0.3, -0.25) is 18.7 Å². The SMILES string of the molecule is Cn1c(=O)c2c(nc(-c3cc(C=O)n(Cc4ccccc4)c3)n2C)n(C)c1=O. The van der Waals surface area contributed by atoms with Crippen LogP contribution >= 0.6 is 0 Å². The van der Waals surface area contributed by atoms with Crippen molar-refractivity contribution in [3.8, 4) is 11.4 Å². The molecular weight excluding hydrogens is 358 g/mol. The quantitative estimate of drug-likeness (QED) is 0.502. The van der Waals surface area contributed by atoms with Gasteiger partial charge in [0, 0.05) is 39.4 Å². The minimum atomic E-state index is -0.433. The zero-order chi connectivity index (χ0) is 20.0. The maximum atomic E-state index is 12.6. The number of fused-ring (bicyclic) bond motifs is 1. The Bertz CT molecular complexity index is 1320. The van der Waals surface area contributed by atoms with Gasteiger partial charge in [-0.05, 0) is 11.6 Å². The van der Waals surface area contributed by atoms with Crippen LogP contribution in [0.15, 0.2) is 52.2 Å². The molecule has 0 atom stereocenters. The molecule has 0 spiro atoms. The van der Waals surface area contributed by atoms with Gasteiger partial charge < -0.3 is 9.13 Å². The van der Waals surface area contributed by atoms with E-state index in [1.54, 1.807) is 24.7 Å². The van der Waals surface area contributed by atoms with Gasteiger partial charge >= 0.3 is 5.69 Å². The number of hydrogen-bond acceptors (Lipinski definition) is 4. The second kappa shape index (κ2) is 6.49. The second-order valence-electron chi connectivity index (χ2n) is 6.76. The molecule has 0 aliphatic heterocycles. The first-order chi connectivity index (χ1) is 13.4. The average Bonchev–Trinajstić information content (AvgIpc) is 3.26. The Hall–Kier alpha value is -3.68. The summed E-state index contributed by atoms with van der Waals surface area (Å²) in [6.07, 6.45) is 2.63. The molecule has 4 rings (SSSR count). The number of carbonyl (C=O) groups excluding carboxylic acids is 1. The Morgan fingerprint density at radius 2 is 1.71 bits per heavy atom. The number of aromatic nitrogens is 5. The Kier molecular flexibility index (Phi) is 4.11. The van der Waals surface area contributed by atoms with Crippen molar-refractivity contribution in [3.05, 3.63) is 74.7 Å². The number of nitrogens with zero attached hydrogens (tertiary/aromatic N) is 5. The second-order valence-corrected chi connectivity index (χ2v) is 6.76. The van der Waals surface area contributed by atoms with Crippen LogP contribution in [0.1, 0.15) is 16.1 Å². The molecular formula is C20H19N5O3. The average molecular weight is 377 g/mol. The number of hydrogen-bond donors (Lipinski definition) is 0. The lowest BCUT2D eigenvalue weighted by Gasteiger charge is -2.05. The summed E-state index contributed by atoms with van der Waals surface area (Å²) in [7, 11) is 4.75. The van der Waals surface area contributed by atoms with E-state index in [4.69, 9.17) is 0 Å². The molecule has 142 valence electrons. The summed E-state index contributed by atoms with van der Waals surface area (Å²) >= 11 is 0. The van der Waals surface area contributed by atoms with Crippen LogP contribution in [0, 0.1) is 0 Å². The number of rotatable bonds is 4. The largest absolute Gasteiger partial charge is 0.340 e. The van der Waals surface area contributed by atoms with Gasteiger partial charge in [-0.2, -0.15) is 0 Å². The highest BCUT2D eigenvalue weighted by atomic mass is 16.2. The number of aryl methyl sites for hydroxylation is 2. The molecule has 0 bridgehead atoms. The van der Waals surface area contributed by atoms with Crippen molar-refractivity contribution in [2.45, 2.75) is 6.54 Å². The van der Waals surface area contributed by atoms with E-state index >= 15 is 0 Å². The Morgan fingerprint density at radius 3 is 2.39 bits per heavy atom. The standard InChI is InChI=1S/C20H19N5O3/c1-22-16-18(23(2)20(28)24(3)19(16)27)21-17(22)14-9-15(12-26)25(11-14)10-13-7-5-4-6-8-13/h4-9,11-12H,10H2,1-3H3. The molecule has 0 amide bonds. The van der Waals surface area contributed by atoms with Crippen LogP contribution < -0.4 is 11.2 Å². The van der Waals surface area contributed by atoms with Gasteiger partial charge in [0.05, 0.1) is 5.69 Å². The summed E-state index contributed by atoms with van der Waals surface area (Å²) in [5, 5.41) is 0. The number of benzene rings is 1. The van der Waals surface area contributed by atoms with Gasteiger partial charge in [-0.15, -0.1) is 0 Å². The zero-order valence-corrected chi connectivity index (χ0v) is 15.8. The van der Waals surface area contributed by atoms with E-state index in [1.165, 1.54) is 11.6 Å². The normalized spacial score (nSPS) is 11.2. The monoisotopic (exact) mass is 377 g/mol. The first kappa shape index (κ1) is 17.7. The number of aldehydes is 1. The topological polar surface area (TPSA) is 83.8 Å². The first-order valence-corrected chi connectivity index (χ1v) is 8.74. The first-order valence-electron chi connectivity index (χ1n) is 8.74.